The van der Waals surface area contributed by atoms with Crippen molar-refractivity contribution in [1.82, 2.24) is 0 Å². The van der Waals surface area contributed by atoms with E-state index in [0.717, 1.165) is 15.2 Å². The second-order valence-electron chi connectivity index (χ2n) is 4.65. The van der Waals surface area contributed by atoms with Gasteiger partial charge in [0.15, 0.2) is 0 Å². The second-order valence-corrected chi connectivity index (χ2v) is 16.4. The minimum absolute atomic E-state index is 0.0860. The molecule has 0 spiro atoms. The third-order valence-electron chi connectivity index (χ3n) is 3.00. The Hall–Kier alpha value is -0.875. The molecule has 0 atom stereocenters. The van der Waals surface area contributed by atoms with Crippen molar-refractivity contribution in [1.29, 1.82) is 0 Å². The van der Waals surface area contributed by atoms with E-state index in [4.69, 9.17) is 0 Å². The molecule has 20 heavy (non-hydrogen) atoms. The molecular weight excluding hydrogens is 459 g/mol. The fourth-order valence-corrected chi connectivity index (χ4v) is 12.9. The number of rotatable bonds is 6. The maximum absolute atomic E-state index is 12.7. The molecule has 2 rings (SSSR count). The predicted molar refractivity (Wildman–Crippen MR) is 78.5 cm³/mol. The molecule has 2 aromatic rings. The van der Waals surface area contributed by atoms with E-state index in [0.29, 0.717) is 0 Å². The van der Waals surface area contributed by atoms with Crippen molar-refractivity contribution in [3.8, 4) is 0 Å². The molecular formula is C15H17HgNO2S. The summed E-state index contributed by atoms with van der Waals surface area (Å²) >= 11 is -1.64. The fraction of sp³-hybridized carbons (Fsp3) is 0.200. The number of benzene rings is 2. The molecule has 0 saturated carbocycles. The zero-order valence-electron chi connectivity index (χ0n) is 11.6. The van der Waals surface area contributed by atoms with Gasteiger partial charge in [0.25, 0.3) is 0 Å². The van der Waals surface area contributed by atoms with Crippen LogP contribution >= 0.6 is 0 Å². The molecule has 0 amide bonds. The summed E-state index contributed by atoms with van der Waals surface area (Å²) in [6, 6.07) is 18.9. The van der Waals surface area contributed by atoms with Crippen LogP contribution in [-0.2, 0) is 40.7 Å². The first-order valence-corrected chi connectivity index (χ1v) is 14.7. The molecule has 0 radical (unpaired) electrons. The topological polar surface area (TPSA) is 37.4 Å². The van der Waals surface area contributed by atoms with E-state index >= 15 is 0 Å². The van der Waals surface area contributed by atoms with Gasteiger partial charge in [0.1, 0.15) is 0 Å². The van der Waals surface area contributed by atoms with Crippen LogP contribution in [0.25, 0.3) is 0 Å². The van der Waals surface area contributed by atoms with E-state index < -0.39 is 34.9 Å². The monoisotopic (exact) mass is 477 g/mol. The molecule has 5 heteroatoms. The van der Waals surface area contributed by atoms with E-state index in [9.17, 15) is 8.42 Å². The van der Waals surface area contributed by atoms with Crippen LogP contribution in [0.2, 0.25) is 3.93 Å². The molecule has 0 aliphatic carbocycles. The van der Waals surface area contributed by atoms with Crippen LogP contribution in [0, 0.1) is 0 Å². The van der Waals surface area contributed by atoms with Gasteiger partial charge in [-0.25, -0.2) is 0 Å². The zero-order chi connectivity index (χ0) is 14.4. The summed E-state index contributed by atoms with van der Waals surface area (Å²) in [4.78, 5) is 0. The van der Waals surface area contributed by atoms with Crippen molar-refractivity contribution >= 4 is 15.7 Å². The number of para-hydroxylation sites is 1. The van der Waals surface area contributed by atoms with Crippen LogP contribution < -0.4 is 2.07 Å². The molecule has 0 aliphatic rings. The SMILES string of the molecule is C[CH2][Hg][N](c1ccccc1)S(=O)(=O)Cc1ccccc1. The Balaban J connectivity index is 2.28. The van der Waals surface area contributed by atoms with Crippen LogP contribution in [0.15, 0.2) is 60.7 Å². The predicted octanol–water partition coefficient (Wildman–Crippen LogP) is 3.46. The van der Waals surface area contributed by atoms with Gasteiger partial charge in [-0.15, -0.1) is 0 Å². The summed E-state index contributed by atoms with van der Waals surface area (Å²) in [5, 5.41) is 0. The van der Waals surface area contributed by atoms with E-state index in [1.54, 1.807) is 2.07 Å². The van der Waals surface area contributed by atoms with E-state index in [2.05, 4.69) is 6.92 Å². The first kappa shape index (κ1) is 15.5. The fourth-order valence-electron chi connectivity index (χ4n) is 2.09. The van der Waals surface area contributed by atoms with Gasteiger partial charge in [-0.05, 0) is 0 Å². The zero-order valence-corrected chi connectivity index (χ0v) is 17.9. The quantitative estimate of drug-likeness (QED) is 0.600. The Morgan fingerprint density at radius 1 is 0.950 bits per heavy atom. The number of anilines is 1. The average Bonchev–Trinajstić information content (AvgIpc) is 2.46. The minimum atomic E-state index is -3.26. The molecule has 0 aliphatic heterocycles. The van der Waals surface area contributed by atoms with Gasteiger partial charge >= 0.3 is 134 Å². The molecule has 2 aromatic carbocycles. The normalized spacial score (nSPS) is 10.8. The Kier molecular flexibility index (Phi) is 5.60. The van der Waals surface area contributed by atoms with Gasteiger partial charge < -0.3 is 0 Å². The standard InChI is InChI=1S/C13H12NO2S.C2H5.Hg/c15-17(16,11-12-7-3-1-4-8-12)14-13-9-5-2-6-10-13;1-2;/h1-10H,11H2;1H2,2H3;/q-1;;+1. The molecule has 0 unspecified atom stereocenters. The molecule has 0 saturated heterocycles. The first-order valence-electron chi connectivity index (χ1n) is 6.73. The molecule has 0 bridgehead atoms. The Morgan fingerprint density at radius 3 is 2.05 bits per heavy atom. The Bertz CT molecular complexity index is 629. The summed E-state index contributed by atoms with van der Waals surface area (Å²) in [5.74, 6) is 0.0860. The summed E-state index contributed by atoms with van der Waals surface area (Å²) in [6.07, 6.45) is 0. The van der Waals surface area contributed by atoms with Crippen molar-refractivity contribution in [2.45, 2.75) is 16.6 Å². The summed E-state index contributed by atoms with van der Waals surface area (Å²) in [7, 11) is -3.26. The second kappa shape index (κ2) is 7.22. The average molecular weight is 476 g/mol. The number of nitrogens with zero attached hydrogens (tertiary/aromatic N) is 1. The van der Waals surface area contributed by atoms with E-state index in [-0.39, 0.29) is 5.75 Å². The Morgan fingerprint density at radius 2 is 1.50 bits per heavy atom. The van der Waals surface area contributed by atoms with Gasteiger partial charge in [0, 0.05) is 0 Å². The summed E-state index contributed by atoms with van der Waals surface area (Å²) in [5.41, 5.74) is 1.67. The van der Waals surface area contributed by atoms with Crippen molar-refractivity contribution < 1.29 is 33.3 Å². The van der Waals surface area contributed by atoms with E-state index in [1.165, 1.54) is 0 Å². The molecule has 0 aromatic heterocycles. The van der Waals surface area contributed by atoms with Crippen LogP contribution in [0.3, 0.4) is 0 Å². The molecule has 102 valence electrons. The van der Waals surface area contributed by atoms with Crippen LogP contribution in [0.4, 0.5) is 5.69 Å². The van der Waals surface area contributed by atoms with Gasteiger partial charge in [-0.3, -0.25) is 0 Å². The summed E-state index contributed by atoms with van der Waals surface area (Å²) < 4.78 is 28.1. The van der Waals surface area contributed by atoms with Gasteiger partial charge in [0.2, 0.25) is 0 Å². The Labute approximate surface area is 133 Å². The summed E-state index contributed by atoms with van der Waals surface area (Å²) in [6.45, 7) is 2.08. The van der Waals surface area contributed by atoms with Crippen molar-refractivity contribution in [3.05, 3.63) is 66.2 Å². The maximum atomic E-state index is 12.7. The third-order valence-corrected chi connectivity index (χ3v) is 15.5. The molecule has 0 N–H and O–H groups in total. The first-order chi connectivity index (χ1) is 9.63. The molecule has 3 nitrogen and oxygen atoms in total. The van der Waals surface area contributed by atoms with Crippen molar-refractivity contribution in [2.24, 2.45) is 0 Å². The van der Waals surface area contributed by atoms with E-state index in [1.807, 2.05) is 60.7 Å². The third kappa shape index (κ3) is 4.06. The molecule has 0 heterocycles. The van der Waals surface area contributed by atoms with Gasteiger partial charge in [0.05, 0.1) is 0 Å². The van der Waals surface area contributed by atoms with Crippen LogP contribution in [-0.4, -0.2) is 8.42 Å². The number of sulfonamides is 1. The van der Waals surface area contributed by atoms with Gasteiger partial charge in [-0.2, -0.15) is 0 Å². The van der Waals surface area contributed by atoms with Crippen LogP contribution in [0.5, 0.6) is 0 Å². The van der Waals surface area contributed by atoms with Gasteiger partial charge in [-0.1, -0.05) is 0 Å². The molecule has 0 fully saturated rings. The van der Waals surface area contributed by atoms with Crippen molar-refractivity contribution in [2.75, 3.05) is 2.07 Å². The number of hydrogen-bond acceptors (Lipinski definition) is 2. The van der Waals surface area contributed by atoms with Crippen molar-refractivity contribution in [3.63, 3.8) is 0 Å². The number of hydrogen-bond donors (Lipinski definition) is 0. The van der Waals surface area contributed by atoms with Crippen LogP contribution in [0.1, 0.15) is 12.5 Å².